The normalized spacial score (nSPS) is 11.7. The molecule has 0 atom stereocenters. The van der Waals surface area contributed by atoms with Crippen molar-refractivity contribution in [3.63, 3.8) is 0 Å². The fraction of sp³-hybridized carbons (Fsp3) is 0.111. The third-order valence-corrected chi connectivity index (χ3v) is 1.55. The average molecular weight is 214 g/mol. The summed E-state index contributed by atoms with van der Waals surface area (Å²) in [4.78, 5) is 0. The van der Waals surface area contributed by atoms with Gasteiger partial charge in [0.15, 0.2) is 0 Å². The molecule has 0 spiro atoms. The summed E-state index contributed by atoms with van der Waals surface area (Å²) in [5.41, 5.74) is 1.17. The van der Waals surface area contributed by atoms with E-state index < -0.39 is 0 Å². The van der Waals surface area contributed by atoms with Gasteiger partial charge in [-0.1, -0.05) is 24.3 Å². The van der Waals surface area contributed by atoms with E-state index in [1.54, 1.807) is 0 Å². The third kappa shape index (κ3) is 2.40. The van der Waals surface area contributed by atoms with Crippen LogP contribution in [0.5, 0.6) is 5.75 Å². The van der Waals surface area contributed by atoms with E-state index >= 15 is 0 Å². The second-order valence-corrected chi connectivity index (χ2v) is 2.25. The quantitative estimate of drug-likeness (QED) is 0.597. The van der Waals surface area contributed by atoms with Crippen molar-refractivity contribution in [2.45, 2.75) is 0 Å². The molecule has 0 amide bonds. The van der Waals surface area contributed by atoms with Gasteiger partial charge in [-0.3, -0.25) is 0 Å². The Balaban J connectivity index is 0.000000605. The van der Waals surface area contributed by atoms with Gasteiger partial charge in [0.25, 0.3) is 0 Å². The second-order valence-electron chi connectivity index (χ2n) is 2.25. The number of para-hydroxylation sites is 1. The van der Waals surface area contributed by atoms with E-state index in [2.05, 4.69) is 6.08 Å². The average Bonchev–Trinajstić information content (AvgIpc) is 2.05. The van der Waals surface area contributed by atoms with Crippen molar-refractivity contribution in [2.24, 2.45) is 0 Å². The molecule has 1 heterocycles. The monoisotopic (exact) mass is 214 g/mol. The van der Waals surface area contributed by atoms with Crippen molar-refractivity contribution < 1.29 is 21.8 Å². The first kappa shape index (κ1) is 11.8. The van der Waals surface area contributed by atoms with Gasteiger partial charge in [0.05, 0.1) is 0 Å². The Morgan fingerprint density at radius 2 is 1.92 bits per heavy atom. The van der Waals surface area contributed by atoms with Crippen LogP contribution in [-0.2, 0) is 17.1 Å². The second kappa shape index (κ2) is 5.46. The Morgan fingerprint density at radius 1 is 1.17 bits per heavy atom. The Morgan fingerprint density at radius 3 is 2.67 bits per heavy atom. The van der Waals surface area contributed by atoms with Gasteiger partial charge in [-0.15, -0.1) is 0 Å². The summed E-state index contributed by atoms with van der Waals surface area (Å²) in [5, 5.41) is 0. The summed E-state index contributed by atoms with van der Waals surface area (Å²) in [7, 11) is 0. The molecule has 4 radical (unpaired) electrons. The van der Waals surface area contributed by atoms with E-state index in [0.717, 1.165) is 5.75 Å². The minimum absolute atomic E-state index is 0. The van der Waals surface area contributed by atoms with Gasteiger partial charge in [-0.25, -0.2) is 0 Å². The van der Waals surface area contributed by atoms with Crippen LogP contribution in [0.3, 0.4) is 0 Å². The Hall–Kier alpha value is -0.188. The molecular formula is C9H8AlMnO. The summed E-state index contributed by atoms with van der Waals surface area (Å²) >= 11 is 0. The molecular weight excluding hydrogens is 206 g/mol. The Bertz CT molecular complexity index is 273. The summed E-state index contributed by atoms with van der Waals surface area (Å²) in [5.74, 6) is 0.991. The van der Waals surface area contributed by atoms with Crippen LogP contribution in [0.25, 0.3) is 6.08 Å². The van der Waals surface area contributed by atoms with Crippen LogP contribution in [-0.4, -0.2) is 24.0 Å². The fourth-order valence-corrected chi connectivity index (χ4v) is 1.06. The van der Waals surface area contributed by atoms with E-state index in [-0.39, 0.29) is 34.4 Å². The van der Waals surface area contributed by atoms with Crippen molar-refractivity contribution in [1.29, 1.82) is 0 Å². The molecule has 1 nitrogen and oxygen atoms in total. The topological polar surface area (TPSA) is 9.23 Å². The van der Waals surface area contributed by atoms with Crippen molar-refractivity contribution in [1.82, 2.24) is 0 Å². The molecule has 60 valence electrons. The molecule has 12 heavy (non-hydrogen) atoms. The molecule has 0 aromatic heterocycles. The van der Waals surface area contributed by atoms with Gasteiger partial charge in [-0.2, -0.15) is 0 Å². The number of fused-ring (bicyclic) bond motifs is 1. The molecule has 0 bridgehead atoms. The number of hydrogen-bond acceptors (Lipinski definition) is 1. The van der Waals surface area contributed by atoms with E-state index in [9.17, 15) is 0 Å². The Kier molecular flexibility index (Phi) is 5.37. The first-order chi connectivity index (χ1) is 4.97. The maximum absolute atomic E-state index is 5.34. The zero-order valence-corrected chi connectivity index (χ0v) is 8.87. The van der Waals surface area contributed by atoms with E-state index in [0.29, 0.717) is 6.61 Å². The predicted octanol–water partition coefficient (Wildman–Crippen LogP) is 1.71. The zero-order valence-electron chi connectivity index (χ0n) is 6.53. The first-order valence-electron chi connectivity index (χ1n) is 3.35. The van der Waals surface area contributed by atoms with Crippen molar-refractivity contribution >= 4 is 23.4 Å². The van der Waals surface area contributed by atoms with Crippen LogP contribution in [0.1, 0.15) is 5.56 Å². The molecule has 3 heteroatoms. The molecule has 1 aromatic rings. The van der Waals surface area contributed by atoms with E-state index in [1.165, 1.54) is 5.56 Å². The molecule has 0 unspecified atom stereocenters. The van der Waals surface area contributed by atoms with Gasteiger partial charge in [0.2, 0.25) is 0 Å². The van der Waals surface area contributed by atoms with E-state index in [4.69, 9.17) is 4.74 Å². The largest absolute Gasteiger partial charge is 0.489 e. The maximum atomic E-state index is 5.34. The molecule has 1 aromatic carbocycles. The molecule has 0 N–H and O–H groups in total. The summed E-state index contributed by atoms with van der Waals surface area (Å²) in [6.45, 7) is 0.705. The van der Waals surface area contributed by atoms with Crippen LogP contribution in [0.15, 0.2) is 30.3 Å². The van der Waals surface area contributed by atoms with Crippen molar-refractivity contribution in [2.75, 3.05) is 6.61 Å². The summed E-state index contributed by atoms with van der Waals surface area (Å²) < 4.78 is 5.34. The maximum Gasteiger partial charge on any atom is 0.126 e. The zero-order chi connectivity index (χ0) is 6.81. The molecule has 0 fully saturated rings. The van der Waals surface area contributed by atoms with E-state index in [1.807, 2.05) is 30.3 Å². The smallest absolute Gasteiger partial charge is 0.126 e. The number of benzene rings is 1. The molecule has 0 saturated heterocycles. The SMILES string of the molecule is C1=Cc2ccccc2OC1.[Al].[Mn]. The van der Waals surface area contributed by atoms with Crippen LogP contribution in [0, 0.1) is 0 Å². The Labute approximate surface area is 93.4 Å². The first-order valence-corrected chi connectivity index (χ1v) is 3.35. The van der Waals surface area contributed by atoms with Crippen LogP contribution >= 0.6 is 0 Å². The van der Waals surface area contributed by atoms with Gasteiger partial charge >= 0.3 is 0 Å². The van der Waals surface area contributed by atoms with Gasteiger partial charge < -0.3 is 4.74 Å². The van der Waals surface area contributed by atoms with Crippen LogP contribution < -0.4 is 4.74 Å². The van der Waals surface area contributed by atoms with Crippen molar-refractivity contribution in [3.05, 3.63) is 35.9 Å². The molecule has 1 aliphatic heterocycles. The molecule has 2 rings (SSSR count). The molecule has 1 aliphatic rings. The third-order valence-electron chi connectivity index (χ3n) is 1.55. The van der Waals surface area contributed by atoms with Crippen LogP contribution in [0.4, 0.5) is 0 Å². The van der Waals surface area contributed by atoms with Crippen LogP contribution in [0.2, 0.25) is 0 Å². The molecule has 0 aliphatic carbocycles. The predicted molar refractivity (Wildman–Crippen MR) is 46.7 cm³/mol. The van der Waals surface area contributed by atoms with Gasteiger partial charge in [-0.05, 0) is 12.1 Å². The number of hydrogen-bond donors (Lipinski definition) is 0. The fourth-order valence-electron chi connectivity index (χ4n) is 1.06. The number of ether oxygens (including phenoxy) is 1. The summed E-state index contributed by atoms with van der Waals surface area (Å²) in [6, 6.07) is 8.03. The standard InChI is InChI=1S/C9H8O.Al.Mn/c1-2-6-9-8(4-1)5-3-7-10-9;;/h1-6H,7H2;;. The minimum Gasteiger partial charge on any atom is -0.489 e. The van der Waals surface area contributed by atoms with Crippen molar-refractivity contribution in [3.8, 4) is 5.75 Å². The van der Waals surface area contributed by atoms with Gasteiger partial charge in [0.1, 0.15) is 12.4 Å². The minimum atomic E-state index is 0. The number of rotatable bonds is 0. The molecule has 0 saturated carbocycles. The summed E-state index contributed by atoms with van der Waals surface area (Å²) in [6.07, 6.45) is 4.10. The van der Waals surface area contributed by atoms with Gasteiger partial charge in [0, 0.05) is 40.0 Å².